The Morgan fingerprint density at radius 3 is 2.61 bits per heavy atom. The van der Waals surface area contributed by atoms with E-state index >= 15 is 0 Å². The third-order valence-corrected chi connectivity index (χ3v) is 5.81. The fraction of sp³-hybridized carbons (Fsp3) is 0.0455. The minimum Gasteiger partial charge on any atom is -0.308 e. The van der Waals surface area contributed by atoms with Gasteiger partial charge in [0.1, 0.15) is 5.69 Å². The van der Waals surface area contributed by atoms with Crippen LogP contribution in [0.5, 0.6) is 0 Å². The third-order valence-electron chi connectivity index (χ3n) is 4.22. The van der Waals surface area contributed by atoms with Gasteiger partial charge in [-0.15, -0.1) is 11.3 Å². The molecule has 0 fully saturated rings. The highest BCUT2D eigenvalue weighted by molar-refractivity contribution is 7.15. The number of rotatable bonds is 5. The van der Waals surface area contributed by atoms with Crippen molar-refractivity contribution in [2.75, 3.05) is 10.6 Å². The molecule has 31 heavy (non-hydrogen) atoms. The zero-order chi connectivity index (χ0) is 21.8. The molecule has 156 valence electrons. The summed E-state index contributed by atoms with van der Waals surface area (Å²) in [6.07, 6.45) is 3.34. The van der Waals surface area contributed by atoms with Gasteiger partial charge in [-0.05, 0) is 43.3 Å². The van der Waals surface area contributed by atoms with Gasteiger partial charge in [-0.3, -0.25) is 5.32 Å². The third kappa shape index (κ3) is 5.32. The zero-order valence-electron chi connectivity index (χ0n) is 16.3. The van der Waals surface area contributed by atoms with Crippen LogP contribution in [0, 0.1) is 6.92 Å². The highest BCUT2D eigenvalue weighted by Gasteiger charge is 2.14. The first-order valence-corrected chi connectivity index (χ1v) is 10.8. The Morgan fingerprint density at radius 2 is 1.90 bits per heavy atom. The van der Waals surface area contributed by atoms with Crippen molar-refractivity contribution in [2.24, 2.45) is 5.10 Å². The van der Waals surface area contributed by atoms with Crippen LogP contribution in [0.4, 0.5) is 16.4 Å². The smallest absolute Gasteiger partial charge is 0.308 e. The number of amides is 2. The van der Waals surface area contributed by atoms with Gasteiger partial charge >= 0.3 is 6.03 Å². The number of para-hydroxylation sites is 1. The topological polar surface area (TPSA) is 71.3 Å². The Morgan fingerprint density at radius 1 is 1.10 bits per heavy atom. The van der Waals surface area contributed by atoms with E-state index in [2.05, 4.69) is 20.7 Å². The average Bonchev–Trinajstić information content (AvgIpc) is 3.34. The molecule has 2 aromatic heterocycles. The van der Waals surface area contributed by atoms with Crippen molar-refractivity contribution in [1.29, 1.82) is 0 Å². The Labute approximate surface area is 193 Å². The molecule has 0 bridgehead atoms. The zero-order valence-corrected chi connectivity index (χ0v) is 18.7. The van der Waals surface area contributed by atoms with Crippen molar-refractivity contribution < 1.29 is 4.79 Å². The largest absolute Gasteiger partial charge is 0.326 e. The van der Waals surface area contributed by atoms with Gasteiger partial charge in [0.2, 0.25) is 5.95 Å². The molecule has 2 heterocycles. The van der Waals surface area contributed by atoms with E-state index in [0.717, 1.165) is 9.75 Å². The number of nitrogens with zero attached hydrogens (tertiary/aromatic N) is 3. The number of aryl methyl sites for hydroxylation is 1. The Bertz CT molecular complexity index is 1250. The van der Waals surface area contributed by atoms with E-state index in [4.69, 9.17) is 23.2 Å². The second-order valence-corrected chi connectivity index (χ2v) is 8.69. The summed E-state index contributed by atoms with van der Waals surface area (Å²) in [5.41, 5.74) is 2.06. The Kier molecular flexibility index (Phi) is 6.36. The number of hydrogen-bond donors (Lipinski definition) is 2. The molecule has 0 atom stereocenters. The van der Waals surface area contributed by atoms with E-state index in [1.807, 2.05) is 37.3 Å². The van der Waals surface area contributed by atoms with Gasteiger partial charge in [0.25, 0.3) is 0 Å². The predicted octanol–water partition coefficient (Wildman–Crippen LogP) is 6.75. The van der Waals surface area contributed by atoms with E-state index in [1.54, 1.807) is 54.1 Å². The van der Waals surface area contributed by atoms with Crippen LogP contribution in [0.2, 0.25) is 10.0 Å². The SMILES string of the molecule is Cc1ccc(-c2cn(/N=C/c3ccc(Cl)cc3Cl)c(NC(=O)Nc3ccccc3)n2)s1. The maximum atomic E-state index is 12.5. The number of imidazole rings is 1. The summed E-state index contributed by atoms with van der Waals surface area (Å²) < 4.78 is 1.50. The lowest BCUT2D eigenvalue weighted by atomic mass is 10.2. The Balaban J connectivity index is 1.63. The molecule has 0 aliphatic carbocycles. The van der Waals surface area contributed by atoms with E-state index in [-0.39, 0.29) is 5.95 Å². The lowest BCUT2D eigenvalue weighted by molar-refractivity contribution is 0.262. The summed E-state index contributed by atoms with van der Waals surface area (Å²) in [5.74, 6) is 0.274. The summed E-state index contributed by atoms with van der Waals surface area (Å²) >= 11 is 13.8. The minimum absolute atomic E-state index is 0.274. The first-order chi connectivity index (χ1) is 15.0. The molecule has 0 spiro atoms. The van der Waals surface area contributed by atoms with Crippen molar-refractivity contribution in [2.45, 2.75) is 6.92 Å². The molecular formula is C22H17Cl2N5OS. The minimum atomic E-state index is -0.424. The number of carbonyl (C=O) groups excluding carboxylic acids is 1. The summed E-state index contributed by atoms with van der Waals surface area (Å²) in [6.45, 7) is 2.03. The summed E-state index contributed by atoms with van der Waals surface area (Å²) in [7, 11) is 0. The van der Waals surface area contributed by atoms with E-state index in [0.29, 0.717) is 27.0 Å². The summed E-state index contributed by atoms with van der Waals surface area (Å²) in [5, 5.41) is 11.0. The molecule has 0 saturated carbocycles. The molecule has 0 saturated heterocycles. The van der Waals surface area contributed by atoms with Gasteiger partial charge in [0, 0.05) is 21.2 Å². The van der Waals surface area contributed by atoms with E-state index < -0.39 is 6.03 Å². The number of urea groups is 1. The maximum Gasteiger partial charge on any atom is 0.326 e. The molecule has 0 aliphatic heterocycles. The van der Waals surface area contributed by atoms with Crippen molar-refractivity contribution in [3.8, 4) is 10.6 Å². The van der Waals surface area contributed by atoms with Crippen LogP contribution in [-0.2, 0) is 0 Å². The highest BCUT2D eigenvalue weighted by Crippen LogP contribution is 2.28. The molecular weight excluding hydrogens is 453 g/mol. The van der Waals surface area contributed by atoms with Gasteiger partial charge in [-0.2, -0.15) is 5.10 Å². The molecule has 2 aromatic carbocycles. The number of hydrogen-bond acceptors (Lipinski definition) is 4. The first kappa shape index (κ1) is 21.1. The number of anilines is 2. The lowest BCUT2D eigenvalue weighted by Gasteiger charge is -2.07. The van der Waals surface area contributed by atoms with Crippen LogP contribution in [0.25, 0.3) is 10.6 Å². The van der Waals surface area contributed by atoms with Crippen molar-refractivity contribution in [1.82, 2.24) is 9.66 Å². The number of thiophene rings is 1. The van der Waals surface area contributed by atoms with Crippen LogP contribution >= 0.6 is 34.5 Å². The van der Waals surface area contributed by atoms with Gasteiger partial charge in [0.05, 0.1) is 22.3 Å². The van der Waals surface area contributed by atoms with Crippen LogP contribution in [0.3, 0.4) is 0 Å². The van der Waals surface area contributed by atoms with Crippen LogP contribution in [0.1, 0.15) is 10.4 Å². The fourth-order valence-corrected chi connectivity index (χ4v) is 4.03. The van der Waals surface area contributed by atoms with Crippen molar-refractivity contribution >= 4 is 58.4 Å². The first-order valence-electron chi connectivity index (χ1n) is 9.26. The second kappa shape index (κ2) is 9.34. The van der Waals surface area contributed by atoms with Crippen LogP contribution in [0.15, 0.2) is 72.0 Å². The van der Waals surface area contributed by atoms with Crippen molar-refractivity contribution in [3.05, 3.63) is 87.3 Å². The predicted molar refractivity (Wildman–Crippen MR) is 129 cm³/mol. The molecule has 0 radical (unpaired) electrons. The lowest BCUT2D eigenvalue weighted by Crippen LogP contribution is -2.21. The normalized spacial score (nSPS) is 11.1. The van der Waals surface area contributed by atoms with Gasteiger partial charge in [-0.25, -0.2) is 14.5 Å². The van der Waals surface area contributed by atoms with E-state index in [1.165, 1.54) is 4.68 Å². The summed E-state index contributed by atoms with van der Waals surface area (Å²) in [4.78, 5) is 19.2. The summed E-state index contributed by atoms with van der Waals surface area (Å²) in [6, 6.07) is 17.9. The van der Waals surface area contributed by atoms with Gasteiger partial charge in [0.15, 0.2) is 0 Å². The number of halogens is 2. The number of aromatic nitrogens is 2. The molecule has 2 amide bonds. The Hall–Kier alpha value is -3.13. The molecule has 0 aliphatic rings. The molecule has 4 rings (SSSR count). The monoisotopic (exact) mass is 469 g/mol. The standard InChI is InChI=1S/C22H17Cl2N5OS/c1-14-7-10-20(31-14)19-13-29(25-12-15-8-9-16(23)11-18(15)24)21(27-19)28-22(30)26-17-5-3-2-4-6-17/h2-13H,1H3,(H2,26,27,28,30)/b25-12+. The number of carbonyl (C=O) groups is 1. The number of nitrogens with one attached hydrogen (secondary N) is 2. The van der Waals surface area contributed by atoms with Gasteiger partial charge in [-0.1, -0.05) is 47.5 Å². The van der Waals surface area contributed by atoms with Crippen molar-refractivity contribution in [3.63, 3.8) is 0 Å². The maximum absolute atomic E-state index is 12.5. The molecule has 2 N–H and O–H groups in total. The molecule has 9 heteroatoms. The number of benzene rings is 2. The van der Waals surface area contributed by atoms with E-state index in [9.17, 15) is 4.79 Å². The fourth-order valence-electron chi connectivity index (χ4n) is 2.75. The molecule has 4 aromatic rings. The highest BCUT2D eigenvalue weighted by atomic mass is 35.5. The average molecular weight is 470 g/mol. The molecule has 0 unspecified atom stereocenters. The van der Waals surface area contributed by atoms with Crippen LogP contribution < -0.4 is 10.6 Å². The quantitative estimate of drug-likeness (QED) is 0.317. The molecule has 6 nitrogen and oxygen atoms in total. The van der Waals surface area contributed by atoms with Gasteiger partial charge < -0.3 is 5.32 Å². The second-order valence-electron chi connectivity index (χ2n) is 6.56. The van der Waals surface area contributed by atoms with Crippen LogP contribution in [-0.4, -0.2) is 21.9 Å².